The fraction of sp³-hybridized carbons (Fsp3) is 0.429. The molecule has 3 N–H and O–H groups in total. The zero-order chi connectivity index (χ0) is 18.1. The lowest BCUT2D eigenvalue weighted by molar-refractivity contribution is -0.292. The highest BCUT2D eigenvalue weighted by Gasteiger charge is 2.66. The van der Waals surface area contributed by atoms with Crippen LogP contribution >= 0.6 is 28.1 Å². The molecule has 0 unspecified atom stereocenters. The third-order valence-electron chi connectivity index (χ3n) is 3.58. The lowest BCUT2D eigenvalue weighted by atomic mass is 9.82. The summed E-state index contributed by atoms with van der Waals surface area (Å²) < 4.78 is 45.9. The van der Waals surface area contributed by atoms with Crippen LogP contribution in [-0.2, 0) is 9.53 Å². The molecule has 10 heteroatoms. The molecule has 132 valence electrons. The van der Waals surface area contributed by atoms with Crippen molar-refractivity contribution in [1.82, 2.24) is 10.6 Å². The van der Waals surface area contributed by atoms with Crippen molar-refractivity contribution in [1.29, 1.82) is 0 Å². The molecule has 1 heterocycles. The Bertz CT molecular complexity index is 641. The molecule has 5 nitrogen and oxygen atoms in total. The first kappa shape index (κ1) is 18.9. The van der Waals surface area contributed by atoms with Crippen LogP contribution < -0.4 is 10.6 Å². The molecule has 1 saturated heterocycles. The number of ether oxygens (including phenoxy) is 1. The smallest absolute Gasteiger partial charge is 0.437 e. The number of alkyl halides is 3. The molecule has 2 rings (SSSR count). The zero-order valence-electron chi connectivity index (χ0n) is 12.4. The van der Waals surface area contributed by atoms with Gasteiger partial charge in [0, 0.05) is 4.47 Å². The molecule has 1 aromatic rings. The van der Waals surface area contributed by atoms with Crippen LogP contribution in [0.25, 0.3) is 0 Å². The van der Waals surface area contributed by atoms with Gasteiger partial charge in [0.1, 0.15) is 5.92 Å². The van der Waals surface area contributed by atoms with Gasteiger partial charge >= 0.3 is 12.1 Å². The van der Waals surface area contributed by atoms with Crippen molar-refractivity contribution in [3.05, 3.63) is 34.3 Å². The SMILES string of the molecule is CCOC(=O)[C@H]1[C@@H](c2ccc(Br)cc2)NC(=S)N[C@]1(O)C(F)(F)F. The summed E-state index contributed by atoms with van der Waals surface area (Å²) in [6.07, 6.45) is -5.15. The largest absolute Gasteiger partial charge is 0.466 e. The van der Waals surface area contributed by atoms with Gasteiger partial charge in [-0.1, -0.05) is 28.1 Å². The van der Waals surface area contributed by atoms with Crippen molar-refractivity contribution in [3.63, 3.8) is 0 Å². The van der Waals surface area contributed by atoms with Gasteiger partial charge < -0.3 is 20.5 Å². The fourth-order valence-electron chi connectivity index (χ4n) is 2.48. The maximum absolute atomic E-state index is 13.5. The molecule has 0 amide bonds. The van der Waals surface area contributed by atoms with Crippen molar-refractivity contribution in [2.75, 3.05) is 6.61 Å². The van der Waals surface area contributed by atoms with Gasteiger partial charge in [-0.3, -0.25) is 4.79 Å². The monoisotopic (exact) mass is 426 g/mol. The highest BCUT2D eigenvalue weighted by molar-refractivity contribution is 9.10. The number of benzene rings is 1. The van der Waals surface area contributed by atoms with E-state index in [1.54, 1.807) is 17.4 Å². The summed E-state index contributed by atoms with van der Waals surface area (Å²) in [6.45, 7) is 1.34. The number of hydrogen-bond donors (Lipinski definition) is 3. The molecule has 0 bridgehead atoms. The van der Waals surface area contributed by atoms with Crippen molar-refractivity contribution >= 4 is 39.2 Å². The maximum atomic E-state index is 13.5. The van der Waals surface area contributed by atoms with Gasteiger partial charge in [0.25, 0.3) is 5.72 Å². The van der Waals surface area contributed by atoms with E-state index in [4.69, 9.17) is 17.0 Å². The summed E-state index contributed by atoms with van der Waals surface area (Å²) in [5.41, 5.74) is -3.19. The first-order chi connectivity index (χ1) is 11.1. The number of rotatable bonds is 3. The molecule has 1 aromatic carbocycles. The zero-order valence-corrected chi connectivity index (χ0v) is 14.8. The predicted octanol–water partition coefficient (Wildman–Crippen LogP) is 2.40. The summed E-state index contributed by atoms with van der Waals surface area (Å²) in [5, 5.41) is 14.2. The number of halogens is 4. The second kappa shape index (κ2) is 6.85. The molecule has 0 aromatic heterocycles. The van der Waals surface area contributed by atoms with E-state index in [-0.39, 0.29) is 6.61 Å². The molecular weight excluding hydrogens is 413 g/mol. The minimum absolute atomic E-state index is 0.124. The van der Waals surface area contributed by atoms with Crippen LogP contribution in [0, 0.1) is 5.92 Å². The van der Waals surface area contributed by atoms with Crippen molar-refractivity contribution in [2.45, 2.75) is 24.9 Å². The molecule has 3 atom stereocenters. The van der Waals surface area contributed by atoms with Gasteiger partial charge in [0.15, 0.2) is 5.11 Å². The standard InChI is InChI=1S/C14H14BrF3N2O3S/c1-2-23-11(21)9-10(7-3-5-8(15)6-4-7)19-12(24)20-13(9,22)14(16,17)18/h3-6,9-10,22H,2H2,1H3,(H2,19,20,24)/t9-,10-,13-/m1/s1. The van der Waals surface area contributed by atoms with E-state index in [2.05, 4.69) is 21.2 Å². The highest BCUT2D eigenvalue weighted by Crippen LogP contribution is 2.43. The Hall–Kier alpha value is -1.39. The molecule has 24 heavy (non-hydrogen) atoms. The number of carbonyl (C=O) groups is 1. The molecule has 1 fully saturated rings. The lowest BCUT2D eigenvalue weighted by Gasteiger charge is -2.45. The number of thiocarbonyl (C=S) groups is 1. The number of esters is 1. The lowest BCUT2D eigenvalue weighted by Crippen LogP contribution is -2.73. The number of nitrogens with one attached hydrogen (secondary N) is 2. The molecule has 1 aliphatic heterocycles. The second-order valence-corrected chi connectivity index (χ2v) is 6.45. The summed E-state index contributed by atoms with van der Waals surface area (Å²) in [6, 6.07) is 5.06. The third kappa shape index (κ3) is 3.50. The van der Waals surface area contributed by atoms with Crippen LogP contribution in [0.15, 0.2) is 28.7 Å². The van der Waals surface area contributed by atoms with Gasteiger partial charge in [0.05, 0.1) is 12.6 Å². The summed E-state index contributed by atoms with van der Waals surface area (Å²) in [4.78, 5) is 12.2. The van der Waals surface area contributed by atoms with Crippen LogP contribution in [0.4, 0.5) is 13.2 Å². The second-order valence-electron chi connectivity index (χ2n) is 5.12. The quantitative estimate of drug-likeness (QED) is 0.509. The van der Waals surface area contributed by atoms with Gasteiger partial charge in [-0.05, 0) is 36.8 Å². The van der Waals surface area contributed by atoms with Crippen molar-refractivity contribution in [3.8, 4) is 0 Å². The van der Waals surface area contributed by atoms with E-state index < -0.39 is 34.9 Å². The Kier molecular flexibility index (Phi) is 5.41. The summed E-state index contributed by atoms with van der Waals surface area (Å²) in [5.74, 6) is -3.17. The first-order valence-electron chi connectivity index (χ1n) is 6.90. The maximum Gasteiger partial charge on any atom is 0.437 e. The summed E-state index contributed by atoms with van der Waals surface area (Å²) in [7, 11) is 0. The van der Waals surface area contributed by atoms with Crippen LogP contribution in [0.2, 0.25) is 0 Å². The van der Waals surface area contributed by atoms with E-state index in [0.29, 0.717) is 10.0 Å². The molecule has 1 aliphatic rings. The Morgan fingerprint density at radius 3 is 2.50 bits per heavy atom. The van der Waals surface area contributed by atoms with E-state index in [9.17, 15) is 23.1 Å². The molecule has 0 spiro atoms. The topological polar surface area (TPSA) is 70.6 Å². The van der Waals surface area contributed by atoms with E-state index in [1.165, 1.54) is 19.1 Å². The number of aliphatic hydroxyl groups is 1. The number of hydrogen-bond acceptors (Lipinski definition) is 4. The average molecular weight is 427 g/mol. The predicted molar refractivity (Wildman–Crippen MR) is 86.9 cm³/mol. The molecule has 0 saturated carbocycles. The Morgan fingerprint density at radius 2 is 2.00 bits per heavy atom. The van der Waals surface area contributed by atoms with E-state index >= 15 is 0 Å². The van der Waals surface area contributed by atoms with Gasteiger partial charge in [-0.2, -0.15) is 13.2 Å². The minimum Gasteiger partial charge on any atom is -0.466 e. The minimum atomic E-state index is -5.15. The third-order valence-corrected chi connectivity index (χ3v) is 4.32. The van der Waals surface area contributed by atoms with Crippen LogP contribution in [-0.4, -0.2) is 34.7 Å². The van der Waals surface area contributed by atoms with Crippen molar-refractivity contribution in [2.24, 2.45) is 5.92 Å². The Balaban J connectivity index is 2.55. The normalized spacial score (nSPS) is 27.2. The van der Waals surface area contributed by atoms with Crippen LogP contribution in [0.3, 0.4) is 0 Å². The van der Waals surface area contributed by atoms with E-state index in [1.807, 2.05) is 0 Å². The first-order valence-corrected chi connectivity index (χ1v) is 8.10. The van der Waals surface area contributed by atoms with Gasteiger partial charge in [0.2, 0.25) is 0 Å². The number of carbonyl (C=O) groups excluding carboxylic acids is 1. The van der Waals surface area contributed by atoms with Crippen LogP contribution in [0.1, 0.15) is 18.5 Å². The fourth-order valence-corrected chi connectivity index (χ4v) is 3.03. The molecular formula is C14H14BrF3N2O3S. The van der Waals surface area contributed by atoms with Gasteiger partial charge in [-0.15, -0.1) is 0 Å². The van der Waals surface area contributed by atoms with Crippen molar-refractivity contribution < 1.29 is 27.8 Å². The highest BCUT2D eigenvalue weighted by atomic mass is 79.9. The summed E-state index contributed by atoms with van der Waals surface area (Å²) >= 11 is 8.01. The van der Waals surface area contributed by atoms with E-state index in [0.717, 1.165) is 0 Å². The Labute approximate surface area is 149 Å². The Morgan fingerprint density at radius 1 is 1.42 bits per heavy atom. The molecule has 0 radical (unpaired) electrons. The van der Waals surface area contributed by atoms with Gasteiger partial charge in [-0.25, -0.2) is 0 Å². The van der Waals surface area contributed by atoms with Crippen LogP contribution in [0.5, 0.6) is 0 Å². The molecule has 0 aliphatic carbocycles. The average Bonchev–Trinajstić information content (AvgIpc) is 2.46.